The summed E-state index contributed by atoms with van der Waals surface area (Å²) < 4.78 is 0. The topological polar surface area (TPSA) is 32.7 Å². The van der Waals surface area contributed by atoms with Crippen LogP contribution in [-0.4, -0.2) is 29.6 Å². The number of carbonyl (C=O) groups excluding carboxylic acids is 1. The molecule has 0 spiro atoms. The normalized spacial score (nSPS) is 17.8. The average molecular weight is 345 g/mol. The largest absolute Gasteiger partial charge is 0.334 e. The zero-order chi connectivity index (χ0) is 16.9. The minimum atomic E-state index is 0.105. The number of benzene rings is 1. The van der Waals surface area contributed by atoms with Crippen LogP contribution in [-0.2, 0) is 11.3 Å². The standard InChI is InChI=1S/C20H25ClN2O/c1-15-12-18(13-22-15)20(24)23(11-10-16-6-2-3-7-16)14-17-8-4-5-9-19(17)21/h4-5,8-9,12,16H,2-3,6-7,10-11,13-14H2,1H3. The van der Waals surface area contributed by atoms with Crippen LogP contribution in [0.5, 0.6) is 0 Å². The van der Waals surface area contributed by atoms with Crippen molar-refractivity contribution < 1.29 is 4.79 Å². The Morgan fingerprint density at radius 1 is 1.29 bits per heavy atom. The van der Waals surface area contributed by atoms with Crippen molar-refractivity contribution in [1.82, 2.24) is 4.90 Å². The summed E-state index contributed by atoms with van der Waals surface area (Å²) in [5, 5.41) is 0.726. The molecule has 3 nitrogen and oxygen atoms in total. The van der Waals surface area contributed by atoms with Gasteiger partial charge in [0.15, 0.2) is 0 Å². The Morgan fingerprint density at radius 3 is 2.71 bits per heavy atom. The predicted molar refractivity (Wildman–Crippen MR) is 99.5 cm³/mol. The third-order valence-electron chi connectivity index (χ3n) is 5.04. The summed E-state index contributed by atoms with van der Waals surface area (Å²) in [6, 6.07) is 7.79. The second kappa shape index (κ2) is 7.98. The van der Waals surface area contributed by atoms with Gasteiger partial charge in [0.25, 0.3) is 5.91 Å². The van der Waals surface area contributed by atoms with Crippen LogP contribution in [0.25, 0.3) is 0 Å². The van der Waals surface area contributed by atoms with Crippen LogP contribution in [0.2, 0.25) is 5.02 Å². The molecule has 3 rings (SSSR count). The van der Waals surface area contributed by atoms with Crippen molar-refractivity contribution in [1.29, 1.82) is 0 Å². The first-order valence-electron chi connectivity index (χ1n) is 8.88. The van der Waals surface area contributed by atoms with Crippen LogP contribution in [0.4, 0.5) is 0 Å². The van der Waals surface area contributed by atoms with Gasteiger partial charge in [-0.2, -0.15) is 0 Å². The highest BCUT2D eigenvalue weighted by molar-refractivity contribution is 6.31. The molecule has 1 fully saturated rings. The molecule has 24 heavy (non-hydrogen) atoms. The molecule has 1 heterocycles. The van der Waals surface area contributed by atoms with E-state index in [1.165, 1.54) is 25.7 Å². The maximum atomic E-state index is 13.0. The molecule has 1 aliphatic heterocycles. The van der Waals surface area contributed by atoms with Crippen LogP contribution in [0.3, 0.4) is 0 Å². The molecular weight excluding hydrogens is 320 g/mol. The average Bonchev–Trinajstić information content (AvgIpc) is 3.24. The Balaban J connectivity index is 1.71. The molecular formula is C20H25ClN2O. The summed E-state index contributed by atoms with van der Waals surface area (Å²) in [4.78, 5) is 19.2. The maximum absolute atomic E-state index is 13.0. The number of nitrogens with zero attached hydrogens (tertiary/aromatic N) is 2. The minimum absolute atomic E-state index is 0.105. The summed E-state index contributed by atoms with van der Waals surface area (Å²) in [5.41, 5.74) is 2.74. The van der Waals surface area contributed by atoms with Gasteiger partial charge in [0.05, 0.1) is 6.54 Å². The van der Waals surface area contributed by atoms with Gasteiger partial charge in [-0.15, -0.1) is 0 Å². The molecule has 0 N–H and O–H groups in total. The fourth-order valence-corrected chi connectivity index (χ4v) is 3.80. The summed E-state index contributed by atoms with van der Waals surface area (Å²) in [6.07, 6.45) is 8.28. The summed E-state index contributed by atoms with van der Waals surface area (Å²) >= 11 is 6.31. The van der Waals surface area contributed by atoms with Crippen molar-refractivity contribution in [2.75, 3.05) is 13.1 Å². The van der Waals surface area contributed by atoms with Crippen molar-refractivity contribution in [3.8, 4) is 0 Å². The van der Waals surface area contributed by atoms with Gasteiger partial charge in [0, 0.05) is 29.4 Å². The van der Waals surface area contributed by atoms with Crippen LogP contribution < -0.4 is 0 Å². The lowest BCUT2D eigenvalue weighted by atomic mass is 10.0. The van der Waals surface area contributed by atoms with Crippen molar-refractivity contribution in [2.45, 2.75) is 45.6 Å². The number of rotatable bonds is 6. The van der Waals surface area contributed by atoms with E-state index in [2.05, 4.69) is 4.99 Å². The van der Waals surface area contributed by atoms with Crippen molar-refractivity contribution >= 4 is 23.2 Å². The van der Waals surface area contributed by atoms with E-state index in [-0.39, 0.29) is 5.91 Å². The summed E-state index contributed by atoms with van der Waals surface area (Å²) in [7, 11) is 0. The zero-order valence-corrected chi connectivity index (χ0v) is 15.1. The molecule has 1 aliphatic carbocycles. The molecule has 1 saturated carbocycles. The number of amides is 1. The van der Waals surface area contributed by atoms with E-state index in [0.29, 0.717) is 13.1 Å². The summed E-state index contributed by atoms with van der Waals surface area (Å²) in [6.45, 7) is 3.82. The minimum Gasteiger partial charge on any atom is -0.334 e. The molecule has 0 saturated heterocycles. The first kappa shape index (κ1) is 17.2. The Morgan fingerprint density at radius 2 is 2.04 bits per heavy atom. The second-order valence-corrected chi connectivity index (χ2v) is 7.29. The van der Waals surface area contributed by atoms with E-state index in [4.69, 9.17) is 11.6 Å². The predicted octanol–water partition coefficient (Wildman–Crippen LogP) is 4.65. The Hall–Kier alpha value is -1.61. The van der Waals surface area contributed by atoms with E-state index in [9.17, 15) is 4.79 Å². The highest BCUT2D eigenvalue weighted by atomic mass is 35.5. The first-order chi connectivity index (χ1) is 11.6. The van der Waals surface area contributed by atoms with Gasteiger partial charge in [0.2, 0.25) is 0 Å². The zero-order valence-electron chi connectivity index (χ0n) is 14.3. The maximum Gasteiger partial charge on any atom is 0.252 e. The number of allylic oxidation sites excluding steroid dienone is 1. The van der Waals surface area contributed by atoms with Gasteiger partial charge in [-0.1, -0.05) is 55.5 Å². The lowest BCUT2D eigenvalue weighted by Crippen LogP contribution is -2.34. The monoisotopic (exact) mass is 344 g/mol. The van der Waals surface area contributed by atoms with E-state index >= 15 is 0 Å². The fourth-order valence-electron chi connectivity index (χ4n) is 3.61. The summed E-state index contributed by atoms with van der Waals surface area (Å²) in [5.74, 6) is 0.871. The smallest absolute Gasteiger partial charge is 0.252 e. The quantitative estimate of drug-likeness (QED) is 0.739. The fraction of sp³-hybridized carbons (Fsp3) is 0.500. The van der Waals surface area contributed by atoms with E-state index < -0.39 is 0 Å². The Labute approximate surface area is 149 Å². The third kappa shape index (κ3) is 4.27. The number of hydrogen-bond acceptors (Lipinski definition) is 2. The lowest BCUT2D eigenvalue weighted by molar-refractivity contribution is -0.127. The molecule has 0 radical (unpaired) electrons. The van der Waals surface area contributed by atoms with Gasteiger partial charge in [-0.3, -0.25) is 9.79 Å². The van der Waals surface area contributed by atoms with Gasteiger partial charge in [-0.05, 0) is 37.0 Å². The van der Waals surface area contributed by atoms with Crippen molar-refractivity contribution in [3.63, 3.8) is 0 Å². The number of aliphatic imine (C=N–C) groups is 1. The SMILES string of the molecule is CC1=NCC(C(=O)N(CCC2CCCC2)Cc2ccccc2Cl)=C1. The molecule has 2 aliphatic rings. The molecule has 1 amide bonds. The molecule has 128 valence electrons. The lowest BCUT2D eigenvalue weighted by Gasteiger charge is -2.25. The third-order valence-corrected chi connectivity index (χ3v) is 5.41. The van der Waals surface area contributed by atoms with Gasteiger partial charge >= 0.3 is 0 Å². The Bertz CT molecular complexity index is 659. The van der Waals surface area contributed by atoms with Crippen LogP contribution in [0.1, 0.15) is 44.6 Å². The molecule has 0 bridgehead atoms. The van der Waals surface area contributed by atoms with E-state index in [1.54, 1.807) is 0 Å². The second-order valence-electron chi connectivity index (χ2n) is 6.88. The highest BCUT2D eigenvalue weighted by Gasteiger charge is 2.23. The van der Waals surface area contributed by atoms with Crippen molar-refractivity contribution in [2.24, 2.45) is 10.9 Å². The van der Waals surface area contributed by atoms with Crippen LogP contribution in [0.15, 0.2) is 40.9 Å². The first-order valence-corrected chi connectivity index (χ1v) is 9.25. The number of halogens is 1. The highest BCUT2D eigenvalue weighted by Crippen LogP contribution is 2.28. The molecule has 4 heteroatoms. The van der Waals surface area contributed by atoms with Gasteiger partial charge in [-0.25, -0.2) is 0 Å². The molecule has 0 aromatic heterocycles. The number of hydrogen-bond donors (Lipinski definition) is 0. The van der Waals surface area contributed by atoms with E-state index in [0.717, 1.165) is 40.8 Å². The molecule has 1 aromatic carbocycles. The molecule has 0 atom stereocenters. The van der Waals surface area contributed by atoms with Crippen LogP contribution >= 0.6 is 11.6 Å². The number of carbonyl (C=O) groups is 1. The van der Waals surface area contributed by atoms with Crippen molar-refractivity contribution in [3.05, 3.63) is 46.5 Å². The van der Waals surface area contributed by atoms with Gasteiger partial charge in [0.1, 0.15) is 0 Å². The molecule has 0 unspecified atom stereocenters. The Kier molecular flexibility index (Phi) is 5.72. The van der Waals surface area contributed by atoms with Gasteiger partial charge < -0.3 is 4.90 Å². The van der Waals surface area contributed by atoms with Crippen LogP contribution in [0, 0.1) is 5.92 Å². The van der Waals surface area contributed by atoms with E-state index in [1.807, 2.05) is 42.2 Å². The molecule has 1 aromatic rings.